The highest BCUT2D eigenvalue weighted by Crippen LogP contribution is 2.16. The number of amides is 1. The van der Waals surface area contributed by atoms with Gasteiger partial charge < -0.3 is 0 Å². The van der Waals surface area contributed by atoms with Gasteiger partial charge in [-0.3, -0.25) is 14.8 Å². The largest absolute Gasteiger partial charge is 0.298 e. The van der Waals surface area contributed by atoms with E-state index in [1.54, 1.807) is 12.1 Å². The van der Waals surface area contributed by atoms with Gasteiger partial charge >= 0.3 is 0 Å². The number of carbonyl (C=O) groups excluding carboxylic acids is 2. The molecule has 1 aromatic carbocycles. The highest BCUT2D eigenvalue weighted by atomic mass is 16.5. The molecule has 1 amide bonds. The first kappa shape index (κ1) is 9.41. The number of para-hydroxylation sites is 1. The molecule has 0 radical (unpaired) electrons. The third kappa shape index (κ3) is 1.91. The number of benzene rings is 1. The summed E-state index contributed by atoms with van der Waals surface area (Å²) in [5.41, 5.74) is 0.477. The third-order valence-corrected chi connectivity index (χ3v) is 1.59. The Hall–Kier alpha value is -1.68. The van der Waals surface area contributed by atoms with Crippen LogP contribution in [-0.4, -0.2) is 17.4 Å². The molecule has 0 bridgehead atoms. The van der Waals surface area contributed by atoms with Gasteiger partial charge in [0.1, 0.15) is 0 Å². The van der Waals surface area contributed by atoms with Gasteiger partial charge in [0.15, 0.2) is 6.29 Å². The minimum absolute atomic E-state index is 0.199. The quantitative estimate of drug-likeness (QED) is 0.422. The molecule has 13 heavy (non-hydrogen) atoms. The molecule has 0 heterocycles. The molecule has 0 aliphatic heterocycles. The first-order valence-corrected chi connectivity index (χ1v) is 3.70. The summed E-state index contributed by atoms with van der Waals surface area (Å²) in [5.74, 6) is -0.533. The number of nitrogens with zero attached hydrogens (tertiary/aromatic N) is 1. The predicted molar refractivity (Wildman–Crippen MR) is 46.8 cm³/mol. The van der Waals surface area contributed by atoms with Gasteiger partial charge in [0.05, 0.1) is 5.69 Å². The molecule has 4 nitrogen and oxygen atoms in total. The van der Waals surface area contributed by atoms with Crippen molar-refractivity contribution < 1.29 is 14.8 Å². The summed E-state index contributed by atoms with van der Waals surface area (Å²) in [6.45, 7) is 1.21. The fraction of sp³-hybridized carbons (Fsp3) is 0.111. The molecule has 68 valence electrons. The zero-order chi connectivity index (χ0) is 9.84. The van der Waals surface area contributed by atoms with Crippen LogP contribution in [-0.2, 0) is 4.79 Å². The maximum atomic E-state index is 10.8. The summed E-state index contributed by atoms with van der Waals surface area (Å²) in [7, 11) is 0. The SMILES string of the molecule is CC(=O)N(O)c1ccccc1C=O. The Morgan fingerprint density at radius 2 is 2.08 bits per heavy atom. The molecule has 0 aliphatic rings. The fourth-order valence-corrected chi connectivity index (χ4v) is 0.950. The number of hydroxylamine groups is 1. The summed E-state index contributed by atoms with van der Waals surface area (Å²) in [6.07, 6.45) is 0.585. The minimum Gasteiger partial charge on any atom is -0.298 e. The number of aldehydes is 1. The van der Waals surface area contributed by atoms with Crippen LogP contribution in [0.15, 0.2) is 24.3 Å². The highest BCUT2D eigenvalue weighted by molar-refractivity contribution is 5.95. The molecule has 4 heteroatoms. The van der Waals surface area contributed by atoms with Crippen molar-refractivity contribution in [2.75, 3.05) is 5.06 Å². The van der Waals surface area contributed by atoms with Crippen molar-refractivity contribution in [3.63, 3.8) is 0 Å². The number of anilines is 1. The number of hydrogen-bond acceptors (Lipinski definition) is 3. The number of hydrogen-bond donors (Lipinski definition) is 1. The first-order valence-electron chi connectivity index (χ1n) is 3.70. The molecule has 1 N–H and O–H groups in total. The average Bonchev–Trinajstić information content (AvgIpc) is 2.16. The Kier molecular flexibility index (Phi) is 2.76. The van der Waals surface area contributed by atoms with Gasteiger partial charge in [-0.15, -0.1) is 0 Å². The van der Waals surface area contributed by atoms with Crippen molar-refractivity contribution in [1.82, 2.24) is 0 Å². The zero-order valence-electron chi connectivity index (χ0n) is 7.10. The van der Waals surface area contributed by atoms with E-state index >= 15 is 0 Å². The molecule has 0 saturated heterocycles. The minimum atomic E-state index is -0.533. The molecular formula is C9H9NO3. The Morgan fingerprint density at radius 1 is 1.46 bits per heavy atom. The molecule has 1 aromatic rings. The Labute approximate surface area is 75.4 Å². The fourth-order valence-electron chi connectivity index (χ4n) is 0.950. The van der Waals surface area contributed by atoms with Gasteiger partial charge in [-0.2, -0.15) is 5.06 Å². The summed E-state index contributed by atoms with van der Waals surface area (Å²) in [5, 5.41) is 9.68. The van der Waals surface area contributed by atoms with E-state index in [4.69, 9.17) is 0 Å². The second-order valence-corrected chi connectivity index (χ2v) is 2.51. The van der Waals surface area contributed by atoms with E-state index in [1.165, 1.54) is 19.1 Å². The van der Waals surface area contributed by atoms with Gasteiger partial charge in [0.25, 0.3) is 0 Å². The molecule has 0 aromatic heterocycles. The number of rotatable bonds is 2. The van der Waals surface area contributed by atoms with Gasteiger partial charge in [-0.05, 0) is 12.1 Å². The van der Waals surface area contributed by atoms with Gasteiger partial charge in [-0.1, -0.05) is 12.1 Å². The van der Waals surface area contributed by atoms with E-state index in [1.807, 2.05) is 0 Å². The van der Waals surface area contributed by atoms with E-state index in [9.17, 15) is 14.8 Å². The lowest BCUT2D eigenvalue weighted by Crippen LogP contribution is -2.24. The predicted octanol–water partition coefficient (Wildman–Crippen LogP) is 1.24. The van der Waals surface area contributed by atoms with Crippen molar-refractivity contribution in [2.24, 2.45) is 0 Å². The van der Waals surface area contributed by atoms with E-state index in [2.05, 4.69) is 0 Å². The molecule has 0 fully saturated rings. The monoisotopic (exact) mass is 179 g/mol. The van der Waals surface area contributed by atoms with Crippen LogP contribution < -0.4 is 5.06 Å². The van der Waals surface area contributed by atoms with Crippen molar-refractivity contribution in [2.45, 2.75) is 6.92 Å². The molecule has 1 rings (SSSR count). The van der Waals surface area contributed by atoms with Crippen LogP contribution in [0.5, 0.6) is 0 Å². The van der Waals surface area contributed by atoms with Crippen molar-refractivity contribution >= 4 is 17.9 Å². The van der Waals surface area contributed by atoms with Crippen molar-refractivity contribution in [1.29, 1.82) is 0 Å². The normalized spacial score (nSPS) is 9.38. The molecule has 0 aliphatic carbocycles. The van der Waals surface area contributed by atoms with Gasteiger partial charge in [0, 0.05) is 12.5 Å². The van der Waals surface area contributed by atoms with Crippen LogP contribution in [0.4, 0.5) is 5.69 Å². The van der Waals surface area contributed by atoms with Crippen molar-refractivity contribution in [3.8, 4) is 0 Å². The smallest absolute Gasteiger partial charge is 0.247 e. The molecule has 0 unspecified atom stereocenters. The van der Waals surface area contributed by atoms with E-state index in [-0.39, 0.29) is 11.3 Å². The summed E-state index contributed by atoms with van der Waals surface area (Å²) in [6, 6.07) is 6.30. The van der Waals surface area contributed by atoms with Gasteiger partial charge in [-0.25, -0.2) is 0 Å². The summed E-state index contributed by atoms with van der Waals surface area (Å²) in [4.78, 5) is 21.3. The Balaban J connectivity index is 3.12. The van der Waals surface area contributed by atoms with Crippen LogP contribution >= 0.6 is 0 Å². The highest BCUT2D eigenvalue weighted by Gasteiger charge is 2.11. The maximum absolute atomic E-state index is 10.8. The second kappa shape index (κ2) is 3.82. The lowest BCUT2D eigenvalue weighted by Gasteiger charge is -2.13. The maximum Gasteiger partial charge on any atom is 0.247 e. The van der Waals surface area contributed by atoms with E-state index in [0.29, 0.717) is 11.3 Å². The zero-order valence-corrected chi connectivity index (χ0v) is 7.10. The lowest BCUT2D eigenvalue weighted by atomic mass is 10.2. The molecule has 0 saturated carbocycles. The van der Waals surface area contributed by atoms with Gasteiger partial charge in [0.2, 0.25) is 5.91 Å². The first-order chi connectivity index (χ1) is 6.16. The van der Waals surface area contributed by atoms with Crippen LogP contribution in [0.3, 0.4) is 0 Å². The average molecular weight is 179 g/mol. The lowest BCUT2D eigenvalue weighted by molar-refractivity contribution is -0.121. The summed E-state index contributed by atoms with van der Waals surface area (Å²) >= 11 is 0. The molecular weight excluding hydrogens is 170 g/mol. The van der Waals surface area contributed by atoms with Crippen LogP contribution in [0, 0.1) is 0 Å². The molecule has 0 atom stereocenters. The van der Waals surface area contributed by atoms with Crippen LogP contribution in [0.2, 0.25) is 0 Å². The topological polar surface area (TPSA) is 57.6 Å². The Morgan fingerprint density at radius 3 is 2.62 bits per heavy atom. The van der Waals surface area contributed by atoms with E-state index in [0.717, 1.165) is 0 Å². The van der Waals surface area contributed by atoms with Crippen LogP contribution in [0.1, 0.15) is 17.3 Å². The third-order valence-electron chi connectivity index (χ3n) is 1.59. The number of carbonyl (C=O) groups is 2. The van der Waals surface area contributed by atoms with E-state index < -0.39 is 5.91 Å². The second-order valence-electron chi connectivity index (χ2n) is 2.51. The summed E-state index contributed by atoms with van der Waals surface area (Å²) < 4.78 is 0. The molecule has 0 spiro atoms. The van der Waals surface area contributed by atoms with Crippen molar-refractivity contribution in [3.05, 3.63) is 29.8 Å². The van der Waals surface area contributed by atoms with Crippen LogP contribution in [0.25, 0.3) is 0 Å². The Bertz CT molecular complexity index is 335. The standard InChI is InChI=1S/C9H9NO3/c1-7(12)10(13)9-5-3-2-4-8(9)6-11/h2-6,13H,1H3.